The van der Waals surface area contributed by atoms with Gasteiger partial charge in [-0.25, -0.2) is 19.3 Å². The molecule has 0 radical (unpaired) electrons. The van der Waals surface area contributed by atoms with E-state index in [-0.39, 0.29) is 24.4 Å². The third kappa shape index (κ3) is 3.46. The zero-order chi connectivity index (χ0) is 24.1. The Morgan fingerprint density at radius 3 is 2.86 bits per heavy atom. The molecule has 1 atom stereocenters. The van der Waals surface area contributed by atoms with Crippen molar-refractivity contribution in [2.24, 2.45) is 0 Å². The lowest BCUT2D eigenvalue weighted by atomic mass is 10.0. The number of imidazole rings is 1. The number of H-pyrrole nitrogens is 1. The van der Waals surface area contributed by atoms with E-state index < -0.39 is 0 Å². The summed E-state index contributed by atoms with van der Waals surface area (Å²) in [7, 11) is 0. The van der Waals surface area contributed by atoms with Gasteiger partial charge in [0.15, 0.2) is 6.61 Å². The zero-order valence-electron chi connectivity index (χ0n) is 18.6. The first-order valence-electron chi connectivity index (χ1n) is 11.0. The van der Waals surface area contributed by atoms with Crippen molar-refractivity contribution in [3.8, 4) is 28.3 Å². The Labute approximate surface area is 198 Å². The molecule has 0 aliphatic carbocycles. The monoisotopic (exact) mass is 469 g/mol. The summed E-state index contributed by atoms with van der Waals surface area (Å²) < 4.78 is 21.8. The Kier molecular flexibility index (Phi) is 4.73. The highest BCUT2D eigenvalue weighted by Crippen LogP contribution is 2.39. The number of aromatic amines is 1. The van der Waals surface area contributed by atoms with E-state index in [0.717, 1.165) is 16.8 Å². The normalized spacial score (nSPS) is 13.8. The van der Waals surface area contributed by atoms with E-state index >= 15 is 0 Å². The lowest BCUT2D eigenvalue weighted by molar-refractivity contribution is -0.118. The van der Waals surface area contributed by atoms with Gasteiger partial charge in [0.2, 0.25) is 0 Å². The van der Waals surface area contributed by atoms with Crippen molar-refractivity contribution >= 4 is 28.4 Å². The third-order valence-electron chi connectivity index (χ3n) is 6.16. The number of fused-ring (bicyclic) bond motifs is 2. The summed E-state index contributed by atoms with van der Waals surface area (Å²) >= 11 is 0. The number of hydrogen-bond donors (Lipinski definition) is 3. The molecule has 174 valence electrons. The quantitative estimate of drug-likeness (QED) is 0.363. The average molecular weight is 469 g/mol. The number of anilines is 2. The minimum Gasteiger partial charge on any atom is -0.482 e. The largest absolute Gasteiger partial charge is 0.482 e. The second-order valence-corrected chi connectivity index (χ2v) is 8.30. The van der Waals surface area contributed by atoms with Crippen LogP contribution in [-0.2, 0) is 4.79 Å². The van der Waals surface area contributed by atoms with Crippen molar-refractivity contribution in [1.29, 1.82) is 0 Å². The fourth-order valence-corrected chi connectivity index (χ4v) is 4.35. The second-order valence-electron chi connectivity index (χ2n) is 8.30. The van der Waals surface area contributed by atoms with Gasteiger partial charge in [0.1, 0.15) is 35.2 Å². The maximum Gasteiger partial charge on any atom is 0.262 e. The van der Waals surface area contributed by atoms with E-state index in [1.54, 1.807) is 30.5 Å². The fraction of sp³-hybridized carbons (Fsp3) is 0.120. The Hall–Kier alpha value is -4.73. The number of nitrogens with zero attached hydrogens (tertiary/aromatic N) is 4. The van der Waals surface area contributed by atoms with E-state index in [2.05, 4.69) is 25.3 Å². The van der Waals surface area contributed by atoms with Gasteiger partial charge in [-0.1, -0.05) is 18.2 Å². The molecule has 1 unspecified atom stereocenters. The fourth-order valence-electron chi connectivity index (χ4n) is 4.35. The molecule has 0 saturated carbocycles. The number of nitrogen functional groups attached to an aromatic ring is 1. The van der Waals surface area contributed by atoms with E-state index in [1.165, 1.54) is 12.4 Å². The van der Waals surface area contributed by atoms with Crippen LogP contribution in [-0.4, -0.2) is 37.0 Å². The molecule has 5 aromatic rings. The van der Waals surface area contributed by atoms with E-state index in [1.807, 2.05) is 29.8 Å². The molecule has 6 rings (SSSR count). The summed E-state index contributed by atoms with van der Waals surface area (Å²) in [6, 6.07) is 11.8. The van der Waals surface area contributed by atoms with Crippen molar-refractivity contribution in [2.45, 2.75) is 13.0 Å². The van der Waals surface area contributed by atoms with Gasteiger partial charge in [-0.3, -0.25) is 4.79 Å². The summed E-state index contributed by atoms with van der Waals surface area (Å²) in [4.78, 5) is 27.9. The Bertz CT molecular complexity index is 1610. The van der Waals surface area contributed by atoms with Crippen molar-refractivity contribution in [2.75, 3.05) is 17.7 Å². The highest BCUT2D eigenvalue weighted by molar-refractivity contribution is 6.02. The van der Waals surface area contributed by atoms with Crippen LogP contribution in [0.5, 0.6) is 5.75 Å². The predicted molar refractivity (Wildman–Crippen MR) is 129 cm³/mol. The number of rotatable bonds is 4. The molecular weight excluding hydrogens is 449 g/mol. The summed E-state index contributed by atoms with van der Waals surface area (Å²) in [6.45, 7) is 1.95. The van der Waals surface area contributed by atoms with Gasteiger partial charge in [0.05, 0.1) is 34.6 Å². The van der Waals surface area contributed by atoms with Gasteiger partial charge in [0.25, 0.3) is 5.91 Å². The molecule has 0 saturated heterocycles. The average Bonchev–Trinajstić information content (AvgIpc) is 3.50. The van der Waals surface area contributed by atoms with Gasteiger partial charge >= 0.3 is 0 Å². The van der Waals surface area contributed by atoms with E-state index in [9.17, 15) is 9.18 Å². The maximum absolute atomic E-state index is 14.3. The Balaban J connectivity index is 1.44. The van der Waals surface area contributed by atoms with Crippen molar-refractivity contribution in [3.63, 3.8) is 0 Å². The molecule has 4 heterocycles. The van der Waals surface area contributed by atoms with Crippen LogP contribution in [0.25, 0.3) is 33.5 Å². The van der Waals surface area contributed by atoms with Crippen molar-refractivity contribution in [1.82, 2.24) is 24.5 Å². The third-order valence-corrected chi connectivity index (χ3v) is 6.16. The maximum atomic E-state index is 14.3. The highest BCUT2D eigenvalue weighted by Gasteiger charge is 2.23. The van der Waals surface area contributed by atoms with Crippen LogP contribution >= 0.6 is 0 Å². The predicted octanol–water partition coefficient (Wildman–Crippen LogP) is 4.15. The summed E-state index contributed by atoms with van der Waals surface area (Å²) in [5.41, 5.74) is 10.4. The SMILES string of the molecule is CC(c1cnc(-c2ccccc2F)[nH]1)n1cc(-c2ccc3c(c2)OCC(=O)N3)c2c(N)ncnc21. The Morgan fingerprint density at radius 1 is 1.14 bits per heavy atom. The number of amides is 1. The number of hydrogen-bond acceptors (Lipinski definition) is 6. The standard InChI is InChI=1S/C25H20FN7O2/c1-13(19-9-28-24(32-19)15-4-2-3-5-17(15)26)33-10-16(22-23(27)29-12-30-25(22)33)14-6-7-18-20(8-14)35-11-21(34)31-18/h2-10,12-13H,11H2,1H3,(H,28,32)(H,31,34)(H2,27,29,30). The van der Waals surface area contributed by atoms with Crippen molar-refractivity contribution in [3.05, 3.63) is 72.7 Å². The van der Waals surface area contributed by atoms with Crippen LogP contribution in [0.1, 0.15) is 18.7 Å². The number of ether oxygens (including phenoxy) is 1. The smallest absolute Gasteiger partial charge is 0.262 e. The molecule has 3 aromatic heterocycles. The molecule has 0 fully saturated rings. The first kappa shape index (κ1) is 20.8. The van der Waals surface area contributed by atoms with Crippen molar-refractivity contribution < 1.29 is 13.9 Å². The van der Waals surface area contributed by atoms with Gasteiger partial charge in [0, 0.05) is 11.8 Å². The van der Waals surface area contributed by atoms with Gasteiger partial charge in [-0.2, -0.15) is 0 Å². The van der Waals surface area contributed by atoms with E-state index in [0.29, 0.717) is 39.7 Å². The minimum absolute atomic E-state index is 0.0370. The number of carbonyl (C=O) groups is 1. The molecule has 9 nitrogen and oxygen atoms in total. The number of halogens is 1. The molecule has 2 aromatic carbocycles. The highest BCUT2D eigenvalue weighted by atomic mass is 19.1. The topological polar surface area (TPSA) is 124 Å². The number of nitrogens with one attached hydrogen (secondary N) is 2. The number of nitrogens with two attached hydrogens (primary N) is 1. The summed E-state index contributed by atoms with van der Waals surface area (Å²) in [6.07, 6.45) is 5.07. The molecule has 1 aliphatic rings. The first-order valence-corrected chi connectivity index (χ1v) is 11.0. The number of benzene rings is 2. The van der Waals surface area contributed by atoms with Crippen LogP contribution < -0.4 is 15.8 Å². The van der Waals surface area contributed by atoms with E-state index in [4.69, 9.17) is 10.5 Å². The van der Waals surface area contributed by atoms with Crippen LogP contribution in [0, 0.1) is 5.82 Å². The molecule has 10 heteroatoms. The van der Waals surface area contributed by atoms with Crippen LogP contribution in [0.2, 0.25) is 0 Å². The molecule has 0 spiro atoms. The summed E-state index contributed by atoms with van der Waals surface area (Å²) in [5, 5.41) is 3.50. The molecule has 35 heavy (non-hydrogen) atoms. The van der Waals surface area contributed by atoms with Crippen LogP contribution in [0.15, 0.2) is 61.2 Å². The zero-order valence-corrected chi connectivity index (χ0v) is 18.6. The minimum atomic E-state index is -0.346. The lowest BCUT2D eigenvalue weighted by Crippen LogP contribution is -2.25. The number of carbonyl (C=O) groups excluding carboxylic acids is 1. The second kappa shape index (κ2) is 7.94. The summed E-state index contributed by atoms with van der Waals surface area (Å²) in [5.74, 6) is 0.836. The van der Waals surface area contributed by atoms with Gasteiger partial charge in [-0.15, -0.1) is 0 Å². The molecular formula is C25H20FN7O2. The molecule has 1 aliphatic heterocycles. The van der Waals surface area contributed by atoms with Crippen LogP contribution in [0.4, 0.5) is 15.9 Å². The van der Waals surface area contributed by atoms with Gasteiger partial charge < -0.3 is 25.3 Å². The Morgan fingerprint density at radius 2 is 2.00 bits per heavy atom. The molecule has 0 bridgehead atoms. The van der Waals surface area contributed by atoms with Crippen LogP contribution in [0.3, 0.4) is 0 Å². The lowest BCUT2D eigenvalue weighted by Gasteiger charge is -2.18. The molecule has 1 amide bonds. The first-order chi connectivity index (χ1) is 17.0. The molecule has 4 N–H and O–H groups in total. The number of aromatic nitrogens is 5. The van der Waals surface area contributed by atoms with Gasteiger partial charge in [-0.05, 0) is 36.8 Å².